The number of aromatic nitrogens is 2. The maximum Gasteiger partial charge on any atom is 0.433 e. The van der Waals surface area contributed by atoms with Crippen molar-refractivity contribution in [2.24, 2.45) is 0 Å². The van der Waals surface area contributed by atoms with Gasteiger partial charge in [0.05, 0.1) is 16.6 Å². The molecule has 0 bridgehead atoms. The molecule has 4 nitrogen and oxygen atoms in total. The Morgan fingerprint density at radius 1 is 1.26 bits per heavy atom. The van der Waals surface area contributed by atoms with Gasteiger partial charge in [-0.25, -0.2) is 9.97 Å². The first-order valence-electron chi connectivity index (χ1n) is 8.04. The Kier molecular flexibility index (Phi) is 5.06. The predicted molar refractivity (Wildman–Crippen MR) is 98.3 cm³/mol. The van der Waals surface area contributed by atoms with Gasteiger partial charge in [0, 0.05) is 10.3 Å². The second-order valence-corrected chi connectivity index (χ2v) is 8.17. The van der Waals surface area contributed by atoms with E-state index in [1.165, 1.54) is 17.4 Å². The molecule has 9 heteroatoms. The molecule has 0 aliphatic rings. The van der Waals surface area contributed by atoms with Crippen LogP contribution in [-0.4, -0.2) is 15.8 Å². The monoisotopic (exact) mass is 409 g/mol. The highest BCUT2D eigenvalue weighted by atomic mass is 32.1. The van der Waals surface area contributed by atoms with Gasteiger partial charge in [-0.15, -0.1) is 22.7 Å². The average molecular weight is 409 g/mol. The minimum absolute atomic E-state index is 0.131. The molecule has 0 aliphatic carbocycles. The fraction of sp³-hybridized carbons (Fsp3) is 0.333. The van der Waals surface area contributed by atoms with Crippen LogP contribution in [-0.2, 0) is 12.6 Å². The Hall–Kier alpha value is -2.31. The molecule has 3 aromatic heterocycles. The summed E-state index contributed by atoms with van der Waals surface area (Å²) in [4.78, 5) is 22.3. The minimum Gasteiger partial charge on any atom is -0.291 e. The number of fused-ring (bicyclic) bond motifs is 1. The third-order valence-corrected chi connectivity index (χ3v) is 6.49. The Morgan fingerprint density at radius 2 is 1.96 bits per heavy atom. The molecule has 1 atom stereocenters. The summed E-state index contributed by atoms with van der Waals surface area (Å²) >= 11 is 2.18. The number of thiophene rings is 1. The van der Waals surface area contributed by atoms with E-state index < -0.39 is 23.6 Å². The highest BCUT2D eigenvalue weighted by molar-refractivity contribution is 7.20. The van der Waals surface area contributed by atoms with Gasteiger partial charge in [-0.3, -0.25) is 4.79 Å². The molecule has 0 amide bonds. The standard InChI is InChI=1S/C18H14F3N3OS2/c1-4-12-9(3)26-17(23-12)11(7-22)14(25)15-8(2)10-5-6-13(18(19,20)21)24-16(10)27-15/h5-6,11H,4H2,1-3H3/t11-/m0/s1. The van der Waals surface area contributed by atoms with Crippen LogP contribution in [0.25, 0.3) is 10.2 Å². The van der Waals surface area contributed by atoms with Crippen molar-refractivity contribution in [2.45, 2.75) is 39.3 Å². The number of ketones is 1. The molecule has 3 rings (SSSR count). The van der Waals surface area contributed by atoms with Crippen LogP contribution in [0.4, 0.5) is 13.2 Å². The summed E-state index contributed by atoms with van der Waals surface area (Å²) in [6.45, 7) is 5.47. The van der Waals surface area contributed by atoms with Gasteiger partial charge >= 0.3 is 6.18 Å². The molecule has 27 heavy (non-hydrogen) atoms. The van der Waals surface area contributed by atoms with E-state index in [0.717, 1.165) is 28.0 Å². The smallest absolute Gasteiger partial charge is 0.291 e. The SMILES string of the molecule is CCc1nc([C@@H](C#N)C(=O)c2sc3nc(C(F)(F)F)ccc3c2C)sc1C. The van der Waals surface area contributed by atoms with E-state index in [9.17, 15) is 23.2 Å². The van der Waals surface area contributed by atoms with Crippen LogP contribution in [0.15, 0.2) is 12.1 Å². The zero-order valence-corrected chi connectivity index (χ0v) is 16.3. The highest BCUT2D eigenvalue weighted by Gasteiger charge is 2.34. The molecule has 0 N–H and O–H groups in total. The first kappa shape index (κ1) is 19.5. The maximum atomic E-state index is 13.0. The third-order valence-electron chi connectivity index (χ3n) is 4.20. The number of nitriles is 1. The Balaban J connectivity index is 2.06. The van der Waals surface area contributed by atoms with Crippen molar-refractivity contribution in [1.82, 2.24) is 9.97 Å². The van der Waals surface area contributed by atoms with Crippen molar-refractivity contribution in [1.29, 1.82) is 5.26 Å². The first-order valence-corrected chi connectivity index (χ1v) is 9.68. The summed E-state index contributed by atoms with van der Waals surface area (Å²) in [6.07, 6.45) is -3.86. The number of nitrogens with zero attached hydrogens (tertiary/aromatic N) is 3. The van der Waals surface area contributed by atoms with Crippen molar-refractivity contribution < 1.29 is 18.0 Å². The van der Waals surface area contributed by atoms with Gasteiger partial charge < -0.3 is 0 Å². The number of alkyl halides is 3. The molecule has 0 saturated carbocycles. The molecule has 0 aliphatic heterocycles. The largest absolute Gasteiger partial charge is 0.433 e. The fourth-order valence-electron chi connectivity index (χ4n) is 2.75. The number of halogens is 3. The number of hydrogen-bond acceptors (Lipinski definition) is 6. The van der Waals surface area contributed by atoms with Crippen LogP contribution in [0.3, 0.4) is 0 Å². The zero-order chi connectivity index (χ0) is 19.9. The van der Waals surface area contributed by atoms with Crippen LogP contribution in [0, 0.1) is 25.2 Å². The molecule has 140 valence electrons. The van der Waals surface area contributed by atoms with Crippen LogP contribution < -0.4 is 0 Å². The van der Waals surface area contributed by atoms with Crippen molar-refractivity contribution >= 4 is 38.7 Å². The summed E-state index contributed by atoms with van der Waals surface area (Å²) in [5.41, 5.74) is 0.369. The highest BCUT2D eigenvalue weighted by Crippen LogP contribution is 2.37. The van der Waals surface area contributed by atoms with Gasteiger partial charge in [0.2, 0.25) is 0 Å². The Bertz CT molecular complexity index is 1080. The first-order chi connectivity index (χ1) is 12.7. The number of hydrogen-bond donors (Lipinski definition) is 0. The molecule has 3 heterocycles. The lowest BCUT2D eigenvalue weighted by atomic mass is 10.0. The third kappa shape index (κ3) is 3.47. The maximum absolute atomic E-state index is 13.0. The van der Waals surface area contributed by atoms with Crippen LogP contribution >= 0.6 is 22.7 Å². The lowest BCUT2D eigenvalue weighted by Gasteiger charge is -2.04. The van der Waals surface area contributed by atoms with Crippen molar-refractivity contribution in [2.75, 3.05) is 0 Å². The van der Waals surface area contributed by atoms with Crippen LogP contribution in [0.1, 0.15) is 49.3 Å². The van der Waals surface area contributed by atoms with Crippen LogP contribution in [0.5, 0.6) is 0 Å². The van der Waals surface area contributed by atoms with E-state index in [0.29, 0.717) is 22.4 Å². The number of thiazole rings is 1. The van der Waals surface area contributed by atoms with E-state index in [-0.39, 0.29) is 9.71 Å². The summed E-state index contributed by atoms with van der Waals surface area (Å²) < 4.78 is 38.7. The van der Waals surface area contributed by atoms with E-state index in [2.05, 4.69) is 9.97 Å². The predicted octanol–water partition coefficient (Wildman–Crippen LogP) is 5.44. The molecule has 0 saturated heterocycles. The number of carbonyl (C=O) groups excluding carboxylic acids is 1. The topological polar surface area (TPSA) is 66.6 Å². The molecule has 0 spiro atoms. The second kappa shape index (κ2) is 7.02. The zero-order valence-electron chi connectivity index (χ0n) is 14.6. The quantitative estimate of drug-likeness (QED) is 0.538. The number of aryl methyl sites for hydroxylation is 3. The van der Waals surface area contributed by atoms with E-state index in [1.807, 2.05) is 19.9 Å². The fourth-order valence-corrected chi connectivity index (χ4v) is 4.96. The van der Waals surface area contributed by atoms with Crippen LogP contribution in [0.2, 0.25) is 0 Å². The number of Topliss-reactive ketones (excluding diaryl/α,β-unsaturated/α-hetero) is 1. The van der Waals surface area contributed by atoms with Gasteiger partial charge in [0.25, 0.3) is 0 Å². The van der Waals surface area contributed by atoms with E-state index in [1.54, 1.807) is 6.92 Å². The molecule has 0 unspecified atom stereocenters. The molecular weight excluding hydrogens is 395 g/mol. The van der Waals surface area contributed by atoms with Gasteiger partial charge in [0.1, 0.15) is 15.5 Å². The van der Waals surface area contributed by atoms with Crippen molar-refractivity contribution in [3.8, 4) is 6.07 Å². The number of pyridine rings is 1. The van der Waals surface area contributed by atoms with Gasteiger partial charge in [-0.2, -0.15) is 18.4 Å². The summed E-state index contributed by atoms with van der Waals surface area (Å²) in [5.74, 6) is -1.54. The molecule has 0 radical (unpaired) electrons. The van der Waals surface area contributed by atoms with Crippen molar-refractivity contribution in [3.63, 3.8) is 0 Å². The Morgan fingerprint density at radius 3 is 2.52 bits per heavy atom. The minimum atomic E-state index is -4.56. The Labute approximate surface area is 161 Å². The average Bonchev–Trinajstić information content (AvgIpc) is 3.14. The van der Waals surface area contributed by atoms with Gasteiger partial charge in [0.15, 0.2) is 11.7 Å². The van der Waals surface area contributed by atoms with Gasteiger partial charge in [-0.05, 0) is 38.0 Å². The number of rotatable bonds is 4. The van der Waals surface area contributed by atoms with Crippen molar-refractivity contribution in [3.05, 3.63) is 43.8 Å². The lowest BCUT2D eigenvalue weighted by Crippen LogP contribution is -2.10. The molecule has 3 aromatic rings. The summed E-state index contributed by atoms with van der Waals surface area (Å²) in [6, 6.07) is 4.21. The molecule has 0 fully saturated rings. The van der Waals surface area contributed by atoms with E-state index >= 15 is 0 Å². The van der Waals surface area contributed by atoms with Gasteiger partial charge in [-0.1, -0.05) is 6.92 Å². The molecule has 0 aromatic carbocycles. The van der Waals surface area contributed by atoms with E-state index in [4.69, 9.17) is 0 Å². The summed E-state index contributed by atoms with van der Waals surface area (Å²) in [5, 5.41) is 10.4. The summed E-state index contributed by atoms with van der Waals surface area (Å²) in [7, 11) is 0. The normalized spacial score (nSPS) is 12.9. The number of carbonyl (C=O) groups is 1. The second-order valence-electron chi connectivity index (χ2n) is 5.94. The molecular formula is C18H14F3N3OS2. The lowest BCUT2D eigenvalue weighted by molar-refractivity contribution is -0.140.